The number of hydrogen-bond donors (Lipinski definition) is 2. The average molecular weight is 283 g/mol. The molecule has 0 saturated carbocycles. The Morgan fingerprint density at radius 2 is 2.31 bits per heavy atom. The lowest BCUT2D eigenvalue weighted by molar-refractivity contribution is 0.787. The molecule has 0 aliphatic rings. The van der Waals surface area contributed by atoms with Crippen LogP contribution in [0.5, 0.6) is 0 Å². The summed E-state index contributed by atoms with van der Waals surface area (Å²) >= 11 is 3.40. The molecule has 0 radical (unpaired) electrons. The smallest absolute Gasteiger partial charge is 0.196 e. The van der Waals surface area contributed by atoms with Crippen molar-refractivity contribution in [2.45, 2.75) is 19.9 Å². The SMILES string of the molecule is Cc1cc(NC(C)c2nn[nH]n2)ncc1Br. The number of aryl methyl sites for hydroxylation is 1. The molecular formula is C9H11BrN6. The van der Waals surface area contributed by atoms with Crippen molar-refractivity contribution in [1.82, 2.24) is 25.6 Å². The van der Waals surface area contributed by atoms with Crippen molar-refractivity contribution in [3.8, 4) is 0 Å². The molecule has 1 unspecified atom stereocenters. The monoisotopic (exact) mass is 282 g/mol. The highest BCUT2D eigenvalue weighted by Gasteiger charge is 2.10. The van der Waals surface area contributed by atoms with Gasteiger partial charge in [-0.2, -0.15) is 5.21 Å². The molecule has 0 saturated heterocycles. The van der Waals surface area contributed by atoms with Gasteiger partial charge in [-0.25, -0.2) is 4.98 Å². The van der Waals surface area contributed by atoms with Gasteiger partial charge in [-0.15, -0.1) is 10.2 Å². The summed E-state index contributed by atoms with van der Waals surface area (Å²) in [7, 11) is 0. The van der Waals surface area contributed by atoms with E-state index in [-0.39, 0.29) is 6.04 Å². The van der Waals surface area contributed by atoms with Crippen LogP contribution in [0.3, 0.4) is 0 Å². The van der Waals surface area contributed by atoms with Crippen LogP contribution in [0.2, 0.25) is 0 Å². The van der Waals surface area contributed by atoms with Gasteiger partial charge in [0.15, 0.2) is 5.82 Å². The molecule has 84 valence electrons. The molecule has 6 nitrogen and oxygen atoms in total. The average Bonchev–Trinajstić information content (AvgIpc) is 2.77. The highest BCUT2D eigenvalue weighted by Crippen LogP contribution is 2.19. The summed E-state index contributed by atoms with van der Waals surface area (Å²) in [5.74, 6) is 1.40. The maximum absolute atomic E-state index is 4.24. The van der Waals surface area contributed by atoms with Crippen LogP contribution in [-0.2, 0) is 0 Å². The Bertz CT molecular complexity index is 469. The van der Waals surface area contributed by atoms with Crippen molar-refractivity contribution in [2.75, 3.05) is 5.32 Å². The molecule has 0 aliphatic heterocycles. The molecule has 0 spiro atoms. The van der Waals surface area contributed by atoms with Gasteiger partial charge in [0, 0.05) is 10.7 Å². The molecule has 0 aromatic carbocycles. The second kappa shape index (κ2) is 4.56. The van der Waals surface area contributed by atoms with Gasteiger partial charge in [-0.1, -0.05) is 5.21 Å². The number of nitrogens with zero attached hydrogens (tertiary/aromatic N) is 4. The molecular weight excluding hydrogens is 272 g/mol. The summed E-state index contributed by atoms with van der Waals surface area (Å²) < 4.78 is 0.991. The summed E-state index contributed by atoms with van der Waals surface area (Å²) in [6, 6.07) is 1.92. The van der Waals surface area contributed by atoms with Crippen LogP contribution in [0.15, 0.2) is 16.7 Å². The van der Waals surface area contributed by atoms with Gasteiger partial charge >= 0.3 is 0 Å². The third-order valence-corrected chi connectivity index (χ3v) is 2.99. The van der Waals surface area contributed by atoms with Crippen LogP contribution in [0.4, 0.5) is 5.82 Å². The lowest BCUT2D eigenvalue weighted by Crippen LogP contribution is -2.09. The normalized spacial score (nSPS) is 12.4. The molecule has 2 N–H and O–H groups in total. The zero-order valence-corrected chi connectivity index (χ0v) is 10.5. The summed E-state index contributed by atoms with van der Waals surface area (Å²) in [4.78, 5) is 4.24. The van der Waals surface area contributed by atoms with E-state index >= 15 is 0 Å². The lowest BCUT2D eigenvalue weighted by atomic mass is 10.2. The van der Waals surface area contributed by atoms with E-state index in [0.717, 1.165) is 15.9 Å². The maximum Gasteiger partial charge on any atom is 0.196 e. The molecule has 0 amide bonds. The zero-order chi connectivity index (χ0) is 11.5. The highest BCUT2D eigenvalue weighted by molar-refractivity contribution is 9.10. The Balaban J connectivity index is 2.12. The van der Waals surface area contributed by atoms with Gasteiger partial charge in [0.05, 0.1) is 6.04 Å². The molecule has 2 aromatic rings. The molecule has 7 heteroatoms. The summed E-state index contributed by atoms with van der Waals surface area (Å²) in [6.07, 6.45) is 1.76. The first-order chi connectivity index (χ1) is 7.66. The van der Waals surface area contributed by atoms with Crippen molar-refractivity contribution >= 4 is 21.7 Å². The second-order valence-electron chi connectivity index (χ2n) is 3.45. The Kier molecular flexibility index (Phi) is 3.14. The predicted molar refractivity (Wildman–Crippen MR) is 62.9 cm³/mol. The zero-order valence-electron chi connectivity index (χ0n) is 8.90. The molecule has 2 rings (SSSR count). The third kappa shape index (κ3) is 2.35. The van der Waals surface area contributed by atoms with Gasteiger partial charge < -0.3 is 5.32 Å². The number of aromatic amines is 1. The maximum atomic E-state index is 4.24. The van der Waals surface area contributed by atoms with E-state index in [1.807, 2.05) is 19.9 Å². The molecule has 1 atom stereocenters. The lowest BCUT2D eigenvalue weighted by Gasteiger charge is -2.11. The van der Waals surface area contributed by atoms with E-state index < -0.39 is 0 Å². The Labute approximate surface area is 101 Å². The number of aromatic nitrogens is 5. The first kappa shape index (κ1) is 11.0. The molecule has 2 heterocycles. The second-order valence-corrected chi connectivity index (χ2v) is 4.31. The van der Waals surface area contributed by atoms with Gasteiger partial charge in [0.25, 0.3) is 0 Å². The number of nitrogens with one attached hydrogen (secondary N) is 2. The van der Waals surface area contributed by atoms with E-state index in [0.29, 0.717) is 5.82 Å². The predicted octanol–water partition coefficient (Wildman–Crippen LogP) is 1.84. The minimum atomic E-state index is -0.0353. The number of pyridine rings is 1. The van der Waals surface area contributed by atoms with Gasteiger partial charge in [0.1, 0.15) is 5.82 Å². The number of hydrogen-bond acceptors (Lipinski definition) is 5. The number of H-pyrrole nitrogens is 1. The number of anilines is 1. The number of halogens is 1. The van der Waals surface area contributed by atoms with E-state index in [4.69, 9.17) is 0 Å². The molecule has 2 aromatic heterocycles. The van der Waals surface area contributed by atoms with Gasteiger partial charge in [-0.05, 0) is 41.4 Å². The number of tetrazole rings is 1. The van der Waals surface area contributed by atoms with E-state index in [9.17, 15) is 0 Å². The fourth-order valence-corrected chi connectivity index (χ4v) is 1.47. The molecule has 16 heavy (non-hydrogen) atoms. The van der Waals surface area contributed by atoms with Crippen LogP contribution < -0.4 is 5.32 Å². The first-order valence-corrected chi connectivity index (χ1v) is 5.58. The van der Waals surface area contributed by atoms with Crippen LogP contribution in [0, 0.1) is 6.92 Å². The van der Waals surface area contributed by atoms with Crippen molar-refractivity contribution < 1.29 is 0 Å². The van der Waals surface area contributed by atoms with Crippen molar-refractivity contribution in [1.29, 1.82) is 0 Å². The minimum absolute atomic E-state index is 0.0353. The van der Waals surface area contributed by atoms with Gasteiger partial charge in [0.2, 0.25) is 0 Å². The summed E-state index contributed by atoms with van der Waals surface area (Å²) in [6.45, 7) is 3.96. The fourth-order valence-electron chi connectivity index (χ4n) is 1.26. The Morgan fingerprint density at radius 1 is 1.50 bits per heavy atom. The number of rotatable bonds is 3. The highest BCUT2D eigenvalue weighted by atomic mass is 79.9. The van der Waals surface area contributed by atoms with Crippen molar-refractivity contribution in [3.05, 3.63) is 28.1 Å². The minimum Gasteiger partial charge on any atom is -0.360 e. The first-order valence-electron chi connectivity index (χ1n) is 4.79. The summed E-state index contributed by atoms with van der Waals surface area (Å²) in [5.41, 5.74) is 1.12. The Hall–Kier alpha value is -1.50. The quantitative estimate of drug-likeness (QED) is 0.898. The van der Waals surface area contributed by atoms with E-state index in [2.05, 4.69) is 46.9 Å². The van der Waals surface area contributed by atoms with Crippen LogP contribution in [0.1, 0.15) is 24.4 Å². The Morgan fingerprint density at radius 3 is 2.94 bits per heavy atom. The van der Waals surface area contributed by atoms with E-state index in [1.54, 1.807) is 6.20 Å². The topological polar surface area (TPSA) is 79.4 Å². The molecule has 0 fully saturated rings. The third-order valence-electron chi connectivity index (χ3n) is 2.16. The van der Waals surface area contributed by atoms with Crippen LogP contribution >= 0.6 is 15.9 Å². The molecule has 0 bridgehead atoms. The van der Waals surface area contributed by atoms with Gasteiger partial charge in [-0.3, -0.25) is 0 Å². The molecule has 0 aliphatic carbocycles. The van der Waals surface area contributed by atoms with E-state index in [1.165, 1.54) is 0 Å². The largest absolute Gasteiger partial charge is 0.360 e. The summed E-state index contributed by atoms with van der Waals surface area (Å²) in [5, 5.41) is 16.9. The van der Waals surface area contributed by atoms with Crippen molar-refractivity contribution in [3.63, 3.8) is 0 Å². The fraction of sp³-hybridized carbons (Fsp3) is 0.333. The van der Waals surface area contributed by atoms with Crippen LogP contribution in [0.25, 0.3) is 0 Å². The standard InChI is InChI=1S/C9H11BrN6/c1-5-3-8(11-4-7(5)10)12-6(2)9-13-15-16-14-9/h3-4,6H,1-2H3,(H,11,12)(H,13,14,15,16). The van der Waals surface area contributed by atoms with Crippen LogP contribution in [-0.4, -0.2) is 25.6 Å². The van der Waals surface area contributed by atoms with Crippen molar-refractivity contribution in [2.24, 2.45) is 0 Å².